The van der Waals surface area contributed by atoms with E-state index in [0.717, 1.165) is 10.6 Å². The minimum Gasteiger partial charge on any atom is -0.267 e. The van der Waals surface area contributed by atoms with E-state index in [4.69, 9.17) is 0 Å². The summed E-state index contributed by atoms with van der Waals surface area (Å²) < 4.78 is 1.39. The first kappa shape index (κ1) is 12.5. The first-order valence-corrected chi connectivity index (χ1v) is 6.71. The molecule has 0 unspecified atom stereocenters. The van der Waals surface area contributed by atoms with Gasteiger partial charge in [-0.2, -0.15) is 5.01 Å². The Balaban J connectivity index is 1.84. The van der Waals surface area contributed by atoms with E-state index in [1.165, 1.54) is 11.0 Å². The van der Waals surface area contributed by atoms with Crippen LogP contribution in [0.2, 0.25) is 0 Å². The molecule has 2 aromatic carbocycles. The quantitative estimate of drug-likeness (QED) is 0.676. The van der Waals surface area contributed by atoms with E-state index in [1.54, 1.807) is 24.3 Å². The molecule has 4 rings (SSSR count). The van der Waals surface area contributed by atoms with Crippen LogP contribution in [0.4, 0.5) is 0 Å². The van der Waals surface area contributed by atoms with Crippen LogP contribution in [0.1, 0.15) is 20.7 Å². The third-order valence-corrected chi connectivity index (χ3v) is 3.55. The molecule has 0 atom stereocenters. The number of hydrogen-bond donors (Lipinski definition) is 0. The average Bonchev–Trinajstić information content (AvgIpc) is 3.13. The van der Waals surface area contributed by atoms with Crippen molar-refractivity contribution in [1.29, 1.82) is 0 Å². The van der Waals surface area contributed by atoms with E-state index in [9.17, 15) is 9.59 Å². The van der Waals surface area contributed by atoms with Gasteiger partial charge in [-0.1, -0.05) is 42.5 Å². The molecule has 1 aliphatic heterocycles. The highest BCUT2D eigenvalue weighted by Crippen LogP contribution is 2.24. The largest absolute Gasteiger partial charge is 0.281 e. The van der Waals surface area contributed by atoms with Gasteiger partial charge in [-0.05, 0) is 12.1 Å². The molecule has 0 saturated heterocycles. The molecule has 3 aromatic rings. The Labute approximate surface area is 125 Å². The van der Waals surface area contributed by atoms with Crippen LogP contribution in [-0.4, -0.2) is 26.7 Å². The third-order valence-electron chi connectivity index (χ3n) is 3.55. The molecule has 1 aliphatic rings. The molecule has 2 heterocycles. The minimum atomic E-state index is -0.377. The van der Waals surface area contributed by atoms with Crippen molar-refractivity contribution in [2.24, 2.45) is 0 Å². The zero-order chi connectivity index (χ0) is 15.1. The van der Waals surface area contributed by atoms with Crippen LogP contribution in [0.5, 0.6) is 0 Å². The number of imide groups is 1. The van der Waals surface area contributed by atoms with E-state index in [2.05, 4.69) is 10.2 Å². The summed E-state index contributed by atoms with van der Waals surface area (Å²) >= 11 is 0. The number of amides is 2. The van der Waals surface area contributed by atoms with Crippen LogP contribution in [0.25, 0.3) is 11.4 Å². The van der Waals surface area contributed by atoms with Gasteiger partial charge in [-0.3, -0.25) is 9.59 Å². The number of carbonyl (C=O) groups excluding carboxylic acids is 2. The summed E-state index contributed by atoms with van der Waals surface area (Å²) in [4.78, 5) is 25.0. The summed E-state index contributed by atoms with van der Waals surface area (Å²) in [5.74, 6) is -0.315. The molecule has 0 fully saturated rings. The monoisotopic (exact) mass is 290 g/mol. The van der Waals surface area contributed by atoms with E-state index in [1.807, 2.05) is 30.3 Å². The fraction of sp³-hybridized carbons (Fsp3) is 0. The smallest absolute Gasteiger partial charge is 0.267 e. The maximum absolute atomic E-state index is 12.5. The highest BCUT2D eigenvalue weighted by molar-refractivity contribution is 6.30. The summed E-state index contributed by atoms with van der Waals surface area (Å²) in [6.07, 6.45) is 1.37. The molecule has 0 aliphatic carbocycles. The van der Waals surface area contributed by atoms with Gasteiger partial charge in [0.15, 0.2) is 5.82 Å². The lowest BCUT2D eigenvalue weighted by molar-refractivity contribution is 0.0887. The van der Waals surface area contributed by atoms with Crippen LogP contribution in [0.3, 0.4) is 0 Å². The highest BCUT2D eigenvalue weighted by Gasteiger charge is 2.38. The van der Waals surface area contributed by atoms with Gasteiger partial charge in [0, 0.05) is 5.56 Å². The second-order valence-electron chi connectivity index (χ2n) is 4.83. The van der Waals surface area contributed by atoms with Crippen LogP contribution in [-0.2, 0) is 0 Å². The molecule has 0 radical (unpaired) electrons. The van der Waals surface area contributed by atoms with Crippen LogP contribution < -0.4 is 5.01 Å². The Morgan fingerprint density at radius 1 is 0.773 bits per heavy atom. The maximum atomic E-state index is 12.5. The van der Waals surface area contributed by atoms with Crippen molar-refractivity contribution in [3.63, 3.8) is 0 Å². The molecule has 6 heteroatoms. The molecule has 106 valence electrons. The van der Waals surface area contributed by atoms with Gasteiger partial charge in [0.1, 0.15) is 6.33 Å². The molecule has 22 heavy (non-hydrogen) atoms. The molecule has 0 bridgehead atoms. The van der Waals surface area contributed by atoms with Crippen LogP contribution >= 0.6 is 0 Å². The fourth-order valence-corrected chi connectivity index (χ4v) is 2.53. The zero-order valence-electron chi connectivity index (χ0n) is 11.4. The lowest BCUT2D eigenvalue weighted by Gasteiger charge is -2.16. The van der Waals surface area contributed by atoms with Gasteiger partial charge >= 0.3 is 0 Å². The molecule has 1 aromatic heterocycles. The molecule has 2 amide bonds. The number of benzene rings is 2. The van der Waals surface area contributed by atoms with Crippen molar-refractivity contribution in [1.82, 2.24) is 14.9 Å². The van der Waals surface area contributed by atoms with E-state index in [-0.39, 0.29) is 11.8 Å². The Morgan fingerprint density at radius 2 is 1.36 bits per heavy atom. The maximum Gasteiger partial charge on any atom is 0.281 e. The summed E-state index contributed by atoms with van der Waals surface area (Å²) in [7, 11) is 0. The summed E-state index contributed by atoms with van der Waals surface area (Å²) in [6, 6.07) is 16.0. The normalized spacial score (nSPS) is 13.5. The van der Waals surface area contributed by atoms with Crippen molar-refractivity contribution in [2.75, 3.05) is 5.01 Å². The summed E-state index contributed by atoms with van der Waals surface area (Å²) in [6.45, 7) is 0. The van der Waals surface area contributed by atoms with Gasteiger partial charge in [0.2, 0.25) is 0 Å². The van der Waals surface area contributed by atoms with Gasteiger partial charge in [-0.15, -0.1) is 10.2 Å². The minimum absolute atomic E-state index is 0.377. The van der Waals surface area contributed by atoms with Crippen LogP contribution in [0, 0.1) is 0 Å². The molecular weight excluding hydrogens is 280 g/mol. The Bertz CT molecular complexity index is 851. The second kappa shape index (κ2) is 4.63. The van der Waals surface area contributed by atoms with E-state index >= 15 is 0 Å². The number of fused-ring (bicyclic) bond motifs is 1. The van der Waals surface area contributed by atoms with Crippen LogP contribution in [0.15, 0.2) is 60.9 Å². The van der Waals surface area contributed by atoms with Crippen molar-refractivity contribution in [2.45, 2.75) is 0 Å². The molecule has 0 spiro atoms. The Kier molecular flexibility index (Phi) is 2.62. The lowest BCUT2D eigenvalue weighted by Crippen LogP contribution is -2.39. The Morgan fingerprint density at radius 3 is 2.00 bits per heavy atom. The number of rotatable bonds is 2. The van der Waals surface area contributed by atoms with Gasteiger partial charge in [0.05, 0.1) is 11.1 Å². The van der Waals surface area contributed by atoms with Crippen molar-refractivity contribution >= 4 is 11.8 Å². The summed E-state index contributed by atoms with van der Waals surface area (Å²) in [5.41, 5.74) is 1.55. The number of aromatic nitrogens is 3. The lowest BCUT2D eigenvalue weighted by atomic mass is 10.1. The van der Waals surface area contributed by atoms with E-state index in [0.29, 0.717) is 17.0 Å². The number of carbonyl (C=O) groups is 2. The highest BCUT2D eigenvalue weighted by atomic mass is 16.2. The van der Waals surface area contributed by atoms with Crippen molar-refractivity contribution in [3.8, 4) is 11.4 Å². The second-order valence-corrected chi connectivity index (χ2v) is 4.83. The van der Waals surface area contributed by atoms with Crippen molar-refractivity contribution in [3.05, 3.63) is 72.1 Å². The predicted octanol–water partition coefficient (Wildman–Crippen LogP) is 1.88. The number of nitrogens with zero attached hydrogens (tertiary/aromatic N) is 4. The Hall–Kier alpha value is -3.28. The third kappa shape index (κ3) is 1.67. The SMILES string of the molecule is O=C1c2ccccc2C(=O)N1n1cnnc1-c1ccccc1. The standard InChI is InChI=1S/C16H10N4O2/c21-15-12-8-4-5-9-13(12)16(22)20(15)19-10-17-18-14(19)11-6-2-1-3-7-11/h1-10H. The molecule has 6 nitrogen and oxygen atoms in total. The fourth-order valence-electron chi connectivity index (χ4n) is 2.53. The van der Waals surface area contributed by atoms with E-state index < -0.39 is 0 Å². The molecule has 0 saturated carbocycles. The first-order valence-electron chi connectivity index (χ1n) is 6.71. The van der Waals surface area contributed by atoms with Crippen molar-refractivity contribution < 1.29 is 9.59 Å². The molecule has 0 N–H and O–H groups in total. The topological polar surface area (TPSA) is 68.1 Å². The first-order chi connectivity index (χ1) is 10.8. The number of hydrogen-bond acceptors (Lipinski definition) is 4. The van der Waals surface area contributed by atoms with Gasteiger partial charge < -0.3 is 0 Å². The average molecular weight is 290 g/mol. The predicted molar refractivity (Wildman–Crippen MR) is 78.8 cm³/mol. The molecular formula is C16H10N4O2. The zero-order valence-corrected chi connectivity index (χ0v) is 11.4. The van der Waals surface area contributed by atoms with Gasteiger partial charge in [-0.25, -0.2) is 4.68 Å². The summed E-state index contributed by atoms with van der Waals surface area (Å²) in [5, 5.41) is 8.93. The van der Waals surface area contributed by atoms with Gasteiger partial charge in [0.25, 0.3) is 11.8 Å².